The minimum Gasteiger partial charge on any atom is -0.457 e. The smallest absolute Gasteiger partial charge is 0.339 e. The van der Waals surface area contributed by atoms with Crippen LogP contribution in [0.15, 0.2) is 83.4 Å². The number of benzene rings is 3. The second-order valence-corrected chi connectivity index (χ2v) is 6.62. The zero-order valence-corrected chi connectivity index (χ0v) is 15.9. The largest absolute Gasteiger partial charge is 0.457 e. The SMILES string of the molecule is O=C(OCc1c(F)cccc1Cl)c1ccccc1-c1ncc(-c2ccccc2)o1. The molecule has 0 amide bonds. The van der Waals surface area contributed by atoms with E-state index in [4.69, 9.17) is 20.8 Å². The molecule has 1 aromatic heterocycles. The van der Waals surface area contributed by atoms with E-state index in [9.17, 15) is 9.18 Å². The Labute approximate surface area is 171 Å². The van der Waals surface area contributed by atoms with E-state index in [2.05, 4.69) is 4.98 Å². The van der Waals surface area contributed by atoms with Gasteiger partial charge < -0.3 is 9.15 Å². The molecule has 4 rings (SSSR count). The van der Waals surface area contributed by atoms with E-state index in [1.54, 1.807) is 36.5 Å². The Kier molecular flexibility index (Phi) is 5.40. The summed E-state index contributed by atoms with van der Waals surface area (Å²) in [6.45, 7) is -0.278. The molecular weight excluding hydrogens is 393 g/mol. The molecule has 6 heteroatoms. The van der Waals surface area contributed by atoms with Crippen LogP contribution in [0.3, 0.4) is 0 Å². The van der Waals surface area contributed by atoms with Crippen molar-refractivity contribution in [1.29, 1.82) is 0 Å². The molecule has 4 aromatic rings. The highest BCUT2D eigenvalue weighted by molar-refractivity contribution is 6.31. The van der Waals surface area contributed by atoms with Gasteiger partial charge in [0.1, 0.15) is 12.4 Å². The van der Waals surface area contributed by atoms with Gasteiger partial charge in [0.05, 0.1) is 22.3 Å². The first kappa shape index (κ1) is 18.9. The molecule has 4 nitrogen and oxygen atoms in total. The van der Waals surface area contributed by atoms with Crippen molar-refractivity contribution in [3.05, 3.63) is 101 Å². The van der Waals surface area contributed by atoms with E-state index >= 15 is 0 Å². The van der Waals surface area contributed by atoms with Gasteiger partial charge >= 0.3 is 5.97 Å². The zero-order valence-electron chi connectivity index (χ0n) is 15.1. The van der Waals surface area contributed by atoms with E-state index in [1.807, 2.05) is 30.3 Å². The Morgan fingerprint density at radius 1 is 1.00 bits per heavy atom. The van der Waals surface area contributed by atoms with Crippen LogP contribution in [0, 0.1) is 5.82 Å². The van der Waals surface area contributed by atoms with Gasteiger partial charge in [0, 0.05) is 11.1 Å². The van der Waals surface area contributed by atoms with Crippen molar-refractivity contribution >= 4 is 17.6 Å². The molecule has 1 heterocycles. The average molecular weight is 408 g/mol. The van der Waals surface area contributed by atoms with Crippen molar-refractivity contribution < 1.29 is 18.3 Å². The highest BCUT2D eigenvalue weighted by Crippen LogP contribution is 2.29. The molecular formula is C23H15ClFNO3. The van der Waals surface area contributed by atoms with E-state index < -0.39 is 11.8 Å². The van der Waals surface area contributed by atoms with Crippen molar-refractivity contribution in [3.8, 4) is 22.8 Å². The maximum Gasteiger partial charge on any atom is 0.339 e. The molecule has 0 N–H and O–H groups in total. The lowest BCUT2D eigenvalue weighted by Gasteiger charge is -2.09. The third-order valence-electron chi connectivity index (χ3n) is 4.35. The van der Waals surface area contributed by atoms with Crippen LogP contribution in [0.2, 0.25) is 5.02 Å². The van der Waals surface area contributed by atoms with Gasteiger partial charge in [-0.3, -0.25) is 0 Å². The number of carbonyl (C=O) groups excluding carboxylic acids is 1. The third-order valence-corrected chi connectivity index (χ3v) is 4.70. The average Bonchev–Trinajstić information content (AvgIpc) is 3.24. The van der Waals surface area contributed by atoms with Crippen LogP contribution < -0.4 is 0 Å². The standard InChI is InChI=1S/C23H15ClFNO3/c24-19-11-6-12-20(25)18(19)14-28-23(27)17-10-5-4-9-16(17)22-26-13-21(29-22)15-7-2-1-3-8-15/h1-13H,14H2. The monoisotopic (exact) mass is 407 g/mol. The van der Waals surface area contributed by atoms with Gasteiger partial charge in [-0.05, 0) is 24.3 Å². The fourth-order valence-electron chi connectivity index (χ4n) is 2.87. The van der Waals surface area contributed by atoms with E-state index in [-0.39, 0.29) is 22.8 Å². The van der Waals surface area contributed by atoms with Gasteiger partial charge in [0.15, 0.2) is 5.76 Å². The van der Waals surface area contributed by atoms with Crippen LogP contribution in [-0.2, 0) is 11.3 Å². The van der Waals surface area contributed by atoms with Crippen LogP contribution in [0.25, 0.3) is 22.8 Å². The minimum absolute atomic E-state index is 0.127. The van der Waals surface area contributed by atoms with Gasteiger partial charge in [0.25, 0.3) is 0 Å². The lowest BCUT2D eigenvalue weighted by atomic mass is 10.1. The lowest BCUT2D eigenvalue weighted by Crippen LogP contribution is -2.08. The first-order chi connectivity index (χ1) is 14.1. The molecule has 0 saturated carbocycles. The number of hydrogen-bond acceptors (Lipinski definition) is 4. The van der Waals surface area contributed by atoms with Crippen LogP contribution in [0.1, 0.15) is 15.9 Å². The topological polar surface area (TPSA) is 52.3 Å². The Morgan fingerprint density at radius 3 is 2.55 bits per heavy atom. The second-order valence-electron chi connectivity index (χ2n) is 6.22. The summed E-state index contributed by atoms with van der Waals surface area (Å²) >= 11 is 5.99. The highest BCUT2D eigenvalue weighted by atomic mass is 35.5. The summed E-state index contributed by atoms with van der Waals surface area (Å²) in [6.07, 6.45) is 1.60. The van der Waals surface area contributed by atoms with Gasteiger partial charge in [-0.1, -0.05) is 60.1 Å². The minimum atomic E-state index is -0.626. The first-order valence-corrected chi connectivity index (χ1v) is 9.22. The van der Waals surface area contributed by atoms with E-state index in [1.165, 1.54) is 12.1 Å². The summed E-state index contributed by atoms with van der Waals surface area (Å²) in [7, 11) is 0. The third kappa shape index (κ3) is 4.05. The molecule has 0 atom stereocenters. The molecule has 0 aliphatic carbocycles. The van der Waals surface area contributed by atoms with E-state index in [0.29, 0.717) is 17.2 Å². The summed E-state index contributed by atoms with van der Waals surface area (Å²) in [6, 6.07) is 20.6. The lowest BCUT2D eigenvalue weighted by molar-refractivity contribution is 0.0470. The number of nitrogens with zero attached hydrogens (tertiary/aromatic N) is 1. The summed E-state index contributed by atoms with van der Waals surface area (Å²) in [5, 5.41) is 0.200. The number of carbonyl (C=O) groups is 1. The molecule has 0 radical (unpaired) electrons. The molecule has 0 saturated heterocycles. The maximum atomic E-state index is 13.9. The maximum absolute atomic E-state index is 13.9. The summed E-state index contributed by atoms with van der Waals surface area (Å²) < 4.78 is 25.1. The van der Waals surface area contributed by atoms with Crippen molar-refractivity contribution in [2.45, 2.75) is 6.61 Å². The Balaban J connectivity index is 1.59. The van der Waals surface area contributed by atoms with Gasteiger partial charge in [-0.25, -0.2) is 14.2 Å². The van der Waals surface area contributed by atoms with Crippen LogP contribution in [0.5, 0.6) is 0 Å². The molecule has 0 unspecified atom stereocenters. The number of aromatic nitrogens is 1. The van der Waals surface area contributed by atoms with Crippen LogP contribution >= 0.6 is 11.6 Å². The quantitative estimate of drug-likeness (QED) is 0.372. The highest BCUT2D eigenvalue weighted by Gasteiger charge is 2.19. The van der Waals surface area contributed by atoms with Crippen molar-refractivity contribution in [3.63, 3.8) is 0 Å². The fourth-order valence-corrected chi connectivity index (χ4v) is 3.09. The van der Waals surface area contributed by atoms with Crippen LogP contribution in [-0.4, -0.2) is 11.0 Å². The summed E-state index contributed by atoms with van der Waals surface area (Å²) in [5.41, 5.74) is 1.75. The van der Waals surface area contributed by atoms with Crippen molar-refractivity contribution in [1.82, 2.24) is 4.98 Å². The molecule has 29 heavy (non-hydrogen) atoms. The van der Waals surface area contributed by atoms with Crippen molar-refractivity contribution in [2.75, 3.05) is 0 Å². The second kappa shape index (κ2) is 8.29. The molecule has 0 bridgehead atoms. The van der Waals surface area contributed by atoms with Crippen molar-refractivity contribution in [2.24, 2.45) is 0 Å². The molecule has 144 valence electrons. The number of halogens is 2. The number of rotatable bonds is 5. The number of ether oxygens (including phenoxy) is 1. The van der Waals surface area contributed by atoms with Gasteiger partial charge in [-0.2, -0.15) is 0 Å². The van der Waals surface area contributed by atoms with Gasteiger partial charge in [0.2, 0.25) is 5.89 Å². The Bertz CT molecular complexity index is 1140. The molecule has 0 fully saturated rings. The molecule has 0 aliphatic heterocycles. The number of hydrogen-bond donors (Lipinski definition) is 0. The Morgan fingerprint density at radius 2 is 1.76 bits per heavy atom. The molecule has 3 aromatic carbocycles. The normalized spacial score (nSPS) is 10.7. The number of esters is 1. The number of oxazole rings is 1. The summed E-state index contributed by atoms with van der Waals surface area (Å²) in [4.78, 5) is 17.0. The Hall–Kier alpha value is -3.44. The predicted octanol–water partition coefficient (Wildman–Crippen LogP) is 6.16. The predicted molar refractivity (Wildman–Crippen MR) is 108 cm³/mol. The molecule has 0 spiro atoms. The summed E-state index contributed by atoms with van der Waals surface area (Å²) in [5.74, 6) is -0.277. The fraction of sp³-hybridized carbons (Fsp3) is 0.0435. The zero-order chi connectivity index (χ0) is 20.2. The molecule has 0 aliphatic rings. The van der Waals surface area contributed by atoms with Gasteiger partial charge in [-0.15, -0.1) is 0 Å². The van der Waals surface area contributed by atoms with E-state index in [0.717, 1.165) is 5.56 Å². The van der Waals surface area contributed by atoms with Crippen LogP contribution in [0.4, 0.5) is 4.39 Å². The first-order valence-electron chi connectivity index (χ1n) is 8.84.